The van der Waals surface area contributed by atoms with E-state index in [9.17, 15) is 0 Å². The van der Waals surface area contributed by atoms with Gasteiger partial charge in [-0.05, 0) is 50.9 Å². The molecule has 3 atom stereocenters. The van der Waals surface area contributed by atoms with E-state index in [0.717, 1.165) is 44.3 Å². The molecule has 0 bridgehead atoms. The first-order chi connectivity index (χ1) is 8.53. The van der Waals surface area contributed by atoms with Gasteiger partial charge in [-0.2, -0.15) is 0 Å². The molecular formula is C15H31NO2. The first-order valence-corrected chi connectivity index (χ1v) is 7.51. The Kier molecular flexibility index (Phi) is 7.20. The van der Waals surface area contributed by atoms with Gasteiger partial charge in [-0.25, -0.2) is 0 Å². The summed E-state index contributed by atoms with van der Waals surface area (Å²) in [4.78, 5) is 0. The van der Waals surface area contributed by atoms with Crippen molar-refractivity contribution in [3.05, 3.63) is 0 Å². The van der Waals surface area contributed by atoms with E-state index in [4.69, 9.17) is 15.6 Å². The topological polar surface area (TPSA) is 55.5 Å². The van der Waals surface area contributed by atoms with Crippen LogP contribution in [0.5, 0.6) is 0 Å². The summed E-state index contributed by atoms with van der Waals surface area (Å²) in [6, 6.07) is 0. The minimum atomic E-state index is -0.418. The monoisotopic (exact) mass is 257 g/mol. The highest BCUT2D eigenvalue weighted by Gasteiger charge is 2.19. The summed E-state index contributed by atoms with van der Waals surface area (Å²) in [5.41, 5.74) is 5.45. The van der Waals surface area contributed by atoms with Crippen LogP contribution in [0, 0.1) is 11.8 Å². The summed E-state index contributed by atoms with van der Waals surface area (Å²) in [7, 11) is 0. The van der Waals surface area contributed by atoms with Gasteiger partial charge in [0.05, 0.1) is 6.61 Å². The predicted molar refractivity (Wildman–Crippen MR) is 75.5 cm³/mol. The molecule has 1 aliphatic rings. The third kappa shape index (κ3) is 6.72. The Balaban J connectivity index is 1.95. The molecule has 3 heteroatoms. The standard InChI is InChI=1S/C15H31NO2/c1-13-6-5-7-14(10-13)11-18-9-4-3-8-15(2,16)12-17/h13-14,17H,3-12,16H2,1-2H3. The van der Waals surface area contributed by atoms with Gasteiger partial charge in [0.1, 0.15) is 0 Å². The fourth-order valence-electron chi connectivity index (χ4n) is 2.77. The van der Waals surface area contributed by atoms with Crippen LogP contribution < -0.4 is 5.73 Å². The summed E-state index contributed by atoms with van der Waals surface area (Å²) in [5.74, 6) is 1.67. The number of aliphatic hydroxyl groups is 1. The van der Waals surface area contributed by atoms with Gasteiger partial charge >= 0.3 is 0 Å². The Morgan fingerprint density at radius 1 is 1.33 bits per heavy atom. The molecular weight excluding hydrogens is 226 g/mol. The van der Waals surface area contributed by atoms with E-state index in [0.29, 0.717) is 0 Å². The van der Waals surface area contributed by atoms with E-state index in [-0.39, 0.29) is 6.61 Å². The van der Waals surface area contributed by atoms with Gasteiger partial charge in [0, 0.05) is 18.8 Å². The average molecular weight is 257 g/mol. The Labute approximate surface area is 112 Å². The van der Waals surface area contributed by atoms with E-state index in [2.05, 4.69) is 6.92 Å². The molecule has 1 fully saturated rings. The van der Waals surface area contributed by atoms with E-state index < -0.39 is 5.54 Å². The van der Waals surface area contributed by atoms with Gasteiger partial charge < -0.3 is 15.6 Å². The summed E-state index contributed by atoms with van der Waals surface area (Å²) in [5, 5.41) is 9.04. The number of nitrogens with two attached hydrogens (primary N) is 1. The average Bonchev–Trinajstić information content (AvgIpc) is 2.34. The zero-order valence-electron chi connectivity index (χ0n) is 12.2. The fourth-order valence-corrected chi connectivity index (χ4v) is 2.77. The van der Waals surface area contributed by atoms with Crippen LogP contribution in [0.3, 0.4) is 0 Å². The van der Waals surface area contributed by atoms with Crippen LogP contribution >= 0.6 is 0 Å². The number of hydrogen-bond donors (Lipinski definition) is 2. The van der Waals surface area contributed by atoms with Crippen LogP contribution in [-0.4, -0.2) is 30.5 Å². The first-order valence-electron chi connectivity index (χ1n) is 7.51. The molecule has 0 saturated heterocycles. The van der Waals surface area contributed by atoms with Gasteiger partial charge in [0.15, 0.2) is 0 Å². The molecule has 0 aliphatic heterocycles. The maximum absolute atomic E-state index is 9.04. The summed E-state index contributed by atoms with van der Waals surface area (Å²) < 4.78 is 5.77. The number of rotatable bonds is 8. The number of aliphatic hydroxyl groups excluding tert-OH is 1. The molecule has 1 saturated carbocycles. The molecule has 0 radical (unpaired) electrons. The van der Waals surface area contributed by atoms with E-state index in [1.54, 1.807) is 0 Å². The highest BCUT2D eigenvalue weighted by atomic mass is 16.5. The Morgan fingerprint density at radius 2 is 2.11 bits per heavy atom. The third-order valence-corrected chi connectivity index (χ3v) is 4.05. The van der Waals surface area contributed by atoms with Crippen molar-refractivity contribution >= 4 is 0 Å². The Bertz CT molecular complexity index is 219. The van der Waals surface area contributed by atoms with Crippen molar-refractivity contribution in [3.63, 3.8) is 0 Å². The lowest BCUT2D eigenvalue weighted by Crippen LogP contribution is -2.39. The lowest BCUT2D eigenvalue weighted by atomic mass is 9.83. The SMILES string of the molecule is CC1CCCC(COCCCCC(C)(N)CO)C1. The number of hydrogen-bond acceptors (Lipinski definition) is 3. The van der Waals surface area contributed by atoms with E-state index in [1.807, 2.05) is 6.92 Å². The molecule has 0 spiro atoms. The first kappa shape index (κ1) is 15.9. The predicted octanol–water partition coefficient (Wildman–Crippen LogP) is 2.71. The number of ether oxygens (including phenoxy) is 1. The molecule has 0 heterocycles. The van der Waals surface area contributed by atoms with Crippen LogP contribution in [0.2, 0.25) is 0 Å². The summed E-state index contributed by atoms with van der Waals surface area (Å²) >= 11 is 0. The van der Waals surface area contributed by atoms with Gasteiger partial charge in [-0.3, -0.25) is 0 Å². The van der Waals surface area contributed by atoms with E-state index >= 15 is 0 Å². The smallest absolute Gasteiger partial charge is 0.0608 e. The maximum Gasteiger partial charge on any atom is 0.0608 e. The van der Waals surface area contributed by atoms with Gasteiger partial charge in [0.25, 0.3) is 0 Å². The van der Waals surface area contributed by atoms with Crippen LogP contribution in [0.25, 0.3) is 0 Å². The Hall–Kier alpha value is -0.120. The lowest BCUT2D eigenvalue weighted by molar-refractivity contribution is 0.0725. The molecule has 108 valence electrons. The van der Waals surface area contributed by atoms with Crippen molar-refractivity contribution < 1.29 is 9.84 Å². The minimum Gasteiger partial charge on any atom is -0.394 e. The summed E-state index contributed by atoms with van der Waals surface area (Å²) in [6.07, 6.45) is 8.40. The normalized spacial score (nSPS) is 28.0. The second-order valence-electron chi connectivity index (χ2n) is 6.48. The van der Waals surface area contributed by atoms with Crippen molar-refractivity contribution in [2.45, 2.75) is 64.3 Å². The lowest BCUT2D eigenvalue weighted by Gasteiger charge is -2.26. The van der Waals surface area contributed by atoms with Crippen LogP contribution in [-0.2, 0) is 4.74 Å². The third-order valence-electron chi connectivity index (χ3n) is 4.05. The highest BCUT2D eigenvalue weighted by molar-refractivity contribution is 4.76. The van der Waals surface area contributed by atoms with Gasteiger partial charge in [-0.15, -0.1) is 0 Å². The molecule has 18 heavy (non-hydrogen) atoms. The fraction of sp³-hybridized carbons (Fsp3) is 1.00. The quantitative estimate of drug-likeness (QED) is 0.657. The molecule has 3 unspecified atom stereocenters. The molecule has 1 rings (SSSR count). The van der Waals surface area contributed by atoms with Crippen molar-refractivity contribution in [3.8, 4) is 0 Å². The van der Waals surface area contributed by atoms with Crippen LogP contribution in [0.15, 0.2) is 0 Å². The number of unbranched alkanes of at least 4 members (excludes halogenated alkanes) is 1. The second kappa shape index (κ2) is 8.13. The van der Waals surface area contributed by atoms with Crippen molar-refractivity contribution in [1.29, 1.82) is 0 Å². The van der Waals surface area contributed by atoms with Crippen LogP contribution in [0.1, 0.15) is 58.8 Å². The highest BCUT2D eigenvalue weighted by Crippen LogP contribution is 2.28. The van der Waals surface area contributed by atoms with Gasteiger partial charge in [-0.1, -0.05) is 19.8 Å². The molecule has 0 aromatic carbocycles. The van der Waals surface area contributed by atoms with Crippen molar-refractivity contribution in [2.75, 3.05) is 19.8 Å². The van der Waals surface area contributed by atoms with Crippen LogP contribution in [0.4, 0.5) is 0 Å². The molecule has 0 aromatic heterocycles. The molecule has 3 nitrogen and oxygen atoms in total. The zero-order valence-corrected chi connectivity index (χ0v) is 12.2. The van der Waals surface area contributed by atoms with Crippen molar-refractivity contribution in [1.82, 2.24) is 0 Å². The van der Waals surface area contributed by atoms with Crippen molar-refractivity contribution in [2.24, 2.45) is 17.6 Å². The Morgan fingerprint density at radius 3 is 2.78 bits per heavy atom. The molecule has 0 aromatic rings. The second-order valence-corrected chi connectivity index (χ2v) is 6.48. The summed E-state index contributed by atoms with van der Waals surface area (Å²) in [6.45, 7) is 6.09. The largest absolute Gasteiger partial charge is 0.394 e. The molecule has 0 amide bonds. The minimum absolute atomic E-state index is 0.0633. The molecule has 3 N–H and O–H groups in total. The zero-order chi connectivity index (χ0) is 13.4. The maximum atomic E-state index is 9.04. The molecule has 1 aliphatic carbocycles. The van der Waals surface area contributed by atoms with E-state index in [1.165, 1.54) is 25.7 Å². The van der Waals surface area contributed by atoms with Gasteiger partial charge in [0.2, 0.25) is 0 Å².